The van der Waals surface area contributed by atoms with Crippen LogP contribution in [0.25, 0.3) is 0 Å². The van der Waals surface area contributed by atoms with Crippen molar-refractivity contribution >= 4 is 15.9 Å². The molecule has 28 heavy (non-hydrogen) atoms. The van der Waals surface area contributed by atoms with Gasteiger partial charge in [0.25, 0.3) is 5.16 Å². The van der Waals surface area contributed by atoms with Crippen LogP contribution in [-0.2, 0) is 9.84 Å². The van der Waals surface area contributed by atoms with Gasteiger partial charge in [0, 0.05) is 14.1 Å². The van der Waals surface area contributed by atoms with Crippen molar-refractivity contribution < 1.29 is 22.0 Å². The third kappa shape index (κ3) is 3.77. The molecule has 0 atom stereocenters. The summed E-state index contributed by atoms with van der Waals surface area (Å²) >= 11 is 0. The summed E-state index contributed by atoms with van der Waals surface area (Å²) in [6, 6.07) is 9.23. The number of carbonyl (C=O) groups excluding carboxylic acids is 1. The Bertz CT molecular complexity index is 1050. The van der Waals surface area contributed by atoms with Gasteiger partial charge in [-0.25, -0.2) is 27.0 Å². The van der Waals surface area contributed by atoms with Gasteiger partial charge in [-0.05, 0) is 35.4 Å². The lowest BCUT2D eigenvalue weighted by Gasteiger charge is -2.17. The molecule has 0 spiro atoms. The van der Waals surface area contributed by atoms with Crippen LogP contribution < -0.4 is 0 Å². The molecule has 0 saturated carbocycles. The van der Waals surface area contributed by atoms with Crippen molar-refractivity contribution in [2.45, 2.75) is 10.4 Å². The van der Waals surface area contributed by atoms with E-state index in [1.165, 1.54) is 43.3 Å². The van der Waals surface area contributed by atoms with E-state index in [1.807, 2.05) is 0 Å². The smallest absolute Gasteiger partial charge is 0.329 e. The first-order valence-electron chi connectivity index (χ1n) is 8.08. The zero-order valence-corrected chi connectivity index (χ0v) is 15.8. The van der Waals surface area contributed by atoms with Crippen LogP contribution in [-0.4, -0.2) is 48.2 Å². The summed E-state index contributed by atoms with van der Waals surface area (Å²) in [7, 11) is -1.26. The second-order valence-corrected chi connectivity index (χ2v) is 8.10. The van der Waals surface area contributed by atoms with E-state index >= 15 is 0 Å². The minimum atomic E-state index is -4.23. The molecular weight excluding hydrogens is 390 g/mol. The average Bonchev–Trinajstić information content (AvgIpc) is 3.15. The second-order valence-electron chi connectivity index (χ2n) is 6.18. The normalized spacial score (nSPS) is 11.6. The Morgan fingerprint density at radius 2 is 1.43 bits per heavy atom. The third-order valence-electron chi connectivity index (χ3n) is 3.96. The van der Waals surface area contributed by atoms with Gasteiger partial charge in [0.15, 0.2) is 0 Å². The lowest BCUT2D eigenvalue weighted by atomic mass is 10.0. The van der Waals surface area contributed by atoms with E-state index < -0.39 is 37.9 Å². The molecule has 3 aromatic rings. The van der Waals surface area contributed by atoms with Gasteiger partial charge in [-0.3, -0.25) is 0 Å². The number of benzene rings is 2. The molecule has 0 saturated heterocycles. The number of amides is 1. The van der Waals surface area contributed by atoms with E-state index in [0.29, 0.717) is 0 Å². The average molecular weight is 406 g/mol. The molecule has 0 radical (unpaired) electrons. The SMILES string of the molecule is CN(C)C(=O)n1cnc(S(=O)(=O)C(c2ccc(F)cc2)c2ccc(F)cc2)n1. The van der Waals surface area contributed by atoms with Crippen LogP contribution in [0, 0.1) is 11.6 Å². The highest BCUT2D eigenvalue weighted by Gasteiger charge is 2.34. The van der Waals surface area contributed by atoms with Gasteiger partial charge in [0.2, 0.25) is 9.84 Å². The molecule has 1 amide bonds. The van der Waals surface area contributed by atoms with Crippen molar-refractivity contribution in [3.63, 3.8) is 0 Å². The first kappa shape index (κ1) is 19.6. The van der Waals surface area contributed by atoms with Crippen LogP contribution in [0.5, 0.6) is 0 Å². The van der Waals surface area contributed by atoms with Gasteiger partial charge in [-0.1, -0.05) is 24.3 Å². The Morgan fingerprint density at radius 1 is 0.964 bits per heavy atom. The molecule has 0 aliphatic heterocycles. The van der Waals surface area contributed by atoms with Gasteiger partial charge in [0.05, 0.1) is 0 Å². The molecule has 0 bridgehead atoms. The van der Waals surface area contributed by atoms with Crippen LogP contribution in [0.2, 0.25) is 0 Å². The highest BCUT2D eigenvalue weighted by Crippen LogP contribution is 2.34. The van der Waals surface area contributed by atoms with E-state index in [2.05, 4.69) is 10.1 Å². The predicted octanol–water partition coefficient (Wildman–Crippen LogP) is 2.65. The quantitative estimate of drug-likeness (QED) is 0.665. The molecule has 0 unspecified atom stereocenters. The van der Waals surface area contributed by atoms with Crippen molar-refractivity contribution in [1.82, 2.24) is 19.7 Å². The molecule has 1 aromatic heterocycles. The molecule has 0 aliphatic carbocycles. The monoisotopic (exact) mass is 406 g/mol. The summed E-state index contributed by atoms with van der Waals surface area (Å²) in [6.07, 6.45) is 1.00. The number of carbonyl (C=O) groups is 1. The van der Waals surface area contributed by atoms with Crippen LogP contribution in [0.1, 0.15) is 16.4 Å². The molecular formula is C18H16F2N4O3S. The van der Waals surface area contributed by atoms with E-state index in [4.69, 9.17) is 0 Å². The Balaban J connectivity index is 2.12. The fraction of sp³-hybridized carbons (Fsp3) is 0.167. The van der Waals surface area contributed by atoms with Gasteiger partial charge in [-0.2, -0.15) is 4.68 Å². The summed E-state index contributed by atoms with van der Waals surface area (Å²) in [5, 5.41) is 1.91. The van der Waals surface area contributed by atoms with E-state index in [0.717, 1.165) is 35.3 Å². The third-order valence-corrected chi connectivity index (χ3v) is 5.82. The molecule has 0 aliphatic rings. The zero-order chi connectivity index (χ0) is 20.5. The molecule has 1 heterocycles. The maximum atomic E-state index is 13.3. The van der Waals surface area contributed by atoms with Gasteiger partial charge < -0.3 is 4.90 Å². The molecule has 7 nitrogen and oxygen atoms in total. The van der Waals surface area contributed by atoms with Gasteiger partial charge in [0.1, 0.15) is 23.2 Å². The first-order chi connectivity index (χ1) is 13.2. The predicted molar refractivity (Wildman–Crippen MR) is 96.3 cm³/mol. The lowest BCUT2D eigenvalue weighted by molar-refractivity contribution is 0.215. The summed E-state index contributed by atoms with van der Waals surface area (Å²) in [6.45, 7) is 0. The Morgan fingerprint density at radius 3 is 1.86 bits per heavy atom. The Hall–Kier alpha value is -3.14. The van der Waals surface area contributed by atoms with Crippen LogP contribution >= 0.6 is 0 Å². The number of hydrogen-bond acceptors (Lipinski definition) is 5. The Labute approximate surface area is 160 Å². The second kappa shape index (κ2) is 7.47. The van der Waals surface area contributed by atoms with Crippen molar-refractivity contribution in [2.24, 2.45) is 0 Å². The van der Waals surface area contributed by atoms with Gasteiger partial charge >= 0.3 is 6.03 Å². The van der Waals surface area contributed by atoms with Crippen molar-refractivity contribution in [2.75, 3.05) is 14.1 Å². The summed E-state index contributed by atoms with van der Waals surface area (Å²) < 4.78 is 54.0. The molecule has 0 N–H and O–H groups in total. The van der Waals surface area contributed by atoms with E-state index in [9.17, 15) is 22.0 Å². The number of halogens is 2. The number of sulfone groups is 1. The van der Waals surface area contributed by atoms with Gasteiger partial charge in [-0.15, -0.1) is 5.10 Å². The number of rotatable bonds is 4. The lowest BCUT2D eigenvalue weighted by Crippen LogP contribution is -2.28. The topological polar surface area (TPSA) is 85.2 Å². The minimum Gasteiger partial charge on any atom is -0.329 e. The highest BCUT2D eigenvalue weighted by molar-refractivity contribution is 7.91. The summed E-state index contributed by atoms with van der Waals surface area (Å²) in [5.41, 5.74) is 0.506. The molecule has 0 fully saturated rings. The van der Waals surface area contributed by atoms with Crippen LogP contribution in [0.3, 0.4) is 0 Å². The summed E-state index contributed by atoms with van der Waals surface area (Å²) in [5.74, 6) is -1.06. The van der Waals surface area contributed by atoms with Crippen LogP contribution in [0.4, 0.5) is 13.6 Å². The maximum absolute atomic E-state index is 13.3. The highest BCUT2D eigenvalue weighted by atomic mass is 32.2. The first-order valence-corrected chi connectivity index (χ1v) is 9.63. The van der Waals surface area contributed by atoms with E-state index in [1.54, 1.807) is 0 Å². The maximum Gasteiger partial charge on any atom is 0.345 e. The molecule has 2 aromatic carbocycles. The number of nitrogens with zero attached hydrogens (tertiary/aromatic N) is 4. The standard InChI is InChI=1S/C18H16F2N4O3S/c1-23(2)18(25)24-11-21-17(22-24)28(26,27)16(12-3-7-14(19)8-4-12)13-5-9-15(20)10-6-13/h3-11,16H,1-2H3. The fourth-order valence-corrected chi connectivity index (χ4v) is 4.24. The van der Waals surface area contributed by atoms with Crippen molar-refractivity contribution in [1.29, 1.82) is 0 Å². The minimum absolute atomic E-state index is 0.253. The number of aromatic nitrogens is 3. The van der Waals surface area contributed by atoms with E-state index in [-0.39, 0.29) is 11.1 Å². The molecule has 10 heteroatoms. The molecule has 146 valence electrons. The Kier molecular flexibility index (Phi) is 5.23. The zero-order valence-electron chi connectivity index (χ0n) is 15.0. The fourth-order valence-electron chi connectivity index (χ4n) is 2.61. The van der Waals surface area contributed by atoms with Crippen molar-refractivity contribution in [3.05, 3.63) is 77.6 Å². The van der Waals surface area contributed by atoms with Crippen molar-refractivity contribution in [3.8, 4) is 0 Å². The number of hydrogen-bond donors (Lipinski definition) is 0. The molecule has 3 rings (SSSR count). The summed E-state index contributed by atoms with van der Waals surface area (Å²) in [4.78, 5) is 17.0. The van der Waals surface area contributed by atoms with Crippen LogP contribution in [0.15, 0.2) is 60.0 Å². The largest absolute Gasteiger partial charge is 0.345 e.